The van der Waals surface area contributed by atoms with Crippen molar-refractivity contribution < 1.29 is 14.3 Å². The molecule has 9 nitrogen and oxygen atoms in total. The van der Waals surface area contributed by atoms with Gasteiger partial charge in [0.05, 0.1) is 23.7 Å². The average molecular weight is 461 g/mol. The first kappa shape index (κ1) is 21.9. The number of hydrogen-bond donors (Lipinski definition) is 3. The molecule has 4 aromatic rings. The number of nitrogens with zero attached hydrogens (tertiary/aromatic N) is 3. The summed E-state index contributed by atoms with van der Waals surface area (Å²) in [4.78, 5) is 28.6. The van der Waals surface area contributed by atoms with Crippen LogP contribution in [0.5, 0.6) is 0 Å². The molecule has 2 heterocycles. The first-order chi connectivity index (χ1) is 16.1. The average Bonchev–Trinajstić information content (AvgIpc) is 3.30. The Hall–Kier alpha value is -4.31. The predicted octanol–water partition coefficient (Wildman–Crippen LogP) is 5.16. The van der Waals surface area contributed by atoms with Gasteiger partial charge in [0.2, 0.25) is 0 Å². The van der Waals surface area contributed by atoms with Crippen molar-refractivity contribution in [3.8, 4) is 11.3 Å². The molecule has 2 aromatic carbocycles. The number of carbonyl (C=O) groups excluding carboxylic acids is 2. The van der Waals surface area contributed by atoms with Crippen molar-refractivity contribution in [2.75, 3.05) is 22.6 Å². The summed E-state index contributed by atoms with van der Waals surface area (Å²) in [7, 11) is 0. The van der Waals surface area contributed by atoms with Gasteiger partial charge in [-0.1, -0.05) is 42.5 Å². The molecule has 0 aliphatic heterocycles. The quantitative estimate of drug-likeness (QED) is 0.326. The summed E-state index contributed by atoms with van der Waals surface area (Å²) in [6.45, 7) is 2.01. The lowest BCUT2D eigenvalue weighted by Gasteiger charge is -2.12. The minimum atomic E-state index is -0.480. The number of ether oxygens (including phenoxy) is 1. The van der Waals surface area contributed by atoms with E-state index in [1.54, 1.807) is 42.6 Å². The van der Waals surface area contributed by atoms with Crippen molar-refractivity contribution in [1.82, 2.24) is 15.2 Å². The zero-order valence-corrected chi connectivity index (χ0v) is 18.4. The third-order valence-electron chi connectivity index (χ3n) is 4.38. The van der Waals surface area contributed by atoms with E-state index < -0.39 is 12.0 Å². The van der Waals surface area contributed by atoms with Crippen molar-refractivity contribution in [3.63, 3.8) is 0 Å². The van der Waals surface area contributed by atoms with Gasteiger partial charge in [-0.25, -0.2) is 14.6 Å². The number of rotatable bonds is 7. The van der Waals surface area contributed by atoms with Crippen LogP contribution in [-0.4, -0.2) is 33.8 Å². The Morgan fingerprint density at radius 1 is 0.909 bits per heavy atom. The molecule has 166 valence electrons. The molecule has 2 amide bonds. The molecule has 0 unspecified atom stereocenters. The summed E-state index contributed by atoms with van der Waals surface area (Å²) in [6, 6.07) is 19.8. The number of para-hydroxylation sites is 2. The first-order valence-corrected chi connectivity index (χ1v) is 11.0. The minimum Gasteiger partial charge on any atom is -0.461 e. The van der Waals surface area contributed by atoms with Crippen LogP contribution in [0.15, 0.2) is 72.1 Å². The maximum Gasteiger partial charge on any atom is 0.357 e. The summed E-state index contributed by atoms with van der Waals surface area (Å²) >= 11 is 1.26. The number of benzene rings is 2. The van der Waals surface area contributed by atoms with Crippen molar-refractivity contribution in [3.05, 3.63) is 77.8 Å². The molecular formula is C23H20N6O3S. The van der Waals surface area contributed by atoms with Crippen LogP contribution >= 0.6 is 11.3 Å². The highest BCUT2D eigenvalue weighted by Crippen LogP contribution is 2.27. The lowest BCUT2D eigenvalue weighted by Crippen LogP contribution is -2.21. The molecule has 0 saturated carbocycles. The van der Waals surface area contributed by atoms with E-state index >= 15 is 0 Å². The fourth-order valence-electron chi connectivity index (χ4n) is 2.88. The number of thiazole rings is 1. The molecule has 3 N–H and O–H groups in total. The standard InChI is InChI=1S/C23H20N6O3S/c1-2-32-21(30)19-14-33-23(26-19)25-18-11-7-6-10-17(18)24-22(31)27-20-13-12-16(28-29-20)15-8-4-3-5-9-15/h3-14H,2H2,1H3,(H,25,26)(H2,24,27,29,31). The second-order valence-corrected chi connectivity index (χ2v) is 7.54. The van der Waals surface area contributed by atoms with Gasteiger partial charge < -0.3 is 15.4 Å². The maximum absolute atomic E-state index is 12.5. The van der Waals surface area contributed by atoms with Crippen LogP contribution in [0.3, 0.4) is 0 Å². The summed E-state index contributed by atoms with van der Waals surface area (Å²) in [5.74, 6) is -0.163. The summed E-state index contributed by atoms with van der Waals surface area (Å²) in [5, 5.41) is 18.9. The molecule has 0 spiro atoms. The fraction of sp³-hybridized carbons (Fsp3) is 0.0870. The number of hydrogen-bond acceptors (Lipinski definition) is 8. The number of esters is 1. The summed E-state index contributed by atoms with van der Waals surface area (Å²) < 4.78 is 4.96. The van der Waals surface area contributed by atoms with E-state index in [0.717, 1.165) is 5.56 Å². The van der Waals surface area contributed by atoms with E-state index in [0.29, 0.717) is 28.0 Å². The van der Waals surface area contributed by atoms with E-state index in [1.165, 1.54) is 11.3 Å². The molecule has 0 atom stereocenters. The molecule has 33 heavy (non-hydrogen) atoms. The number of nitrogens with one attached hydrogen (secondary N) is 3. The highest BCUT2D eigenvalue weighted by atomic mass is 32.1. The van der Waals surface area contributed by atoms with Crippen LogP contribution in [-0.2, 0) is 4.74 Å². The van der Waals surface area contributed by atoms with Crippen molar-refractivity contribution in [2.24, 2.45) is 0 Å². The van der Waals surface area contributed by atoms with Gasteiger partial charge in [-0.05, 0) is 31.2 Å². The lowest BCUT2D eigenvalue weighted by atomic mass is 10.1. The van der Waals surface area contributed by atoms with Crippen LogP contribution < -0.4 is 16.0 Å². The van der Waals surface area contributed by atoms with Gasteiger partial charge >= 0.3 is 12.0 Å². The number of amides is 2. The zero-order valence-electron chi connectivity index (χ0n) is 17.6. The molecule has 0 aliphatic carbocycles. The smallest absolute Gasteiger partial charge is 0.357 e. The Morgan fingerprint density at radius 3 is 2.39 bits per heavy atom. The number of aromatic nitrogens is 3. The molecule has 0 saturated heterocycles. The molecule has 2 aromatic heterocycles. The largest absolute Gasteiger partial charge is 0.461 e. The highest BCUT2D eigenvalue weighted by Gasteiger charge is 2.13. The molecule has 4 rings (SSSR count). The van der Waals surface area contributed by atoms with Gasteiger partial charge in [0.25, 0.3) is 0 Å². The minimum absolute atomic E-state index is 0.227. The van der Waals surface area contributed by atoms with E-state index in [2.05, 4.69) is 31.1 Å². The van der Waals surface area contributed by atoms with Gasteiger partial charge in [-0.3, -0.25) is 5.32 Å². The highest BCUT2D eigenvalue weighted by molar-refractivity contribution is 7.14. The first-order valence-electron chi connectivity index (χ1n) is 10.1. The third-order valence-corrected chi connectivity index (χ3v) is 5.14. The Kier molecular flexibility index (Phi) is 6.86. The van der Waals surface area contributed by atoms with Crippen LogP contribution in [0.4, 0.5) is 27.1 Å². The van der Waals surface area contributed by atoms with Crippen molar-refractivity contribution >= 4 is 45.7 Å². The van der Waals surface area contributed by atoms with Crippen molar-refractivity contribution in [1.29, 1.82) is 0 Å². The molecule has 0 bridgehead atoms. The zero-order chi connectivity index (χ0) is 23.0. The fourth-order valence-corrected chi connectivity index (χ4v) is 3.57. The number of carbonyl (C=O) groups is 2. The molecule has 0 fully saturated rings. The Bertz CT molecular complexity index is 1240. The Morgan fingerprint density at radius 2 is 1.67 bits per heavy atom. The monoisotopic (exact) mass is 460 g/mol. The van der Waals surface area contributed by atoms with E-state index in [1.807, 2.05) is 36.4 Å². The molecule has 0 aliphatic rings. The summed E-state index contributed by atoms with van der Waals surface area (Å²) in [6.07, 6.45) is 0. The van der Waals surface area contributed by atoms with Gasteiger partial charge in [0.15, 0.2) is 16.6 Å². The van der Waals surface area contributed by atoms with Gasteiger partial charge in [-0.15, -0.1) is 21.5 Å². The molecular weight excluding hydrogens is 440 g/mol. The van der Waals surface area contributed by atoms with Crippen LogP contribution in [0.1, 0.15) is 17.4 Å². The predicted molar refractivity (Wildman–Crippen MR) is 128 cm³/mol. The number of anilines is 4. The van der Waals surface area contributed by atoms with Gasteiger partial charge in [-0.2, -0.15) is 0 Å². The van der Waals surface area contributed by atoms with Crippen molar-refractivity contribution in [2.45, 2.75) is 6.92 Å². The van der Waals surface area contributed by atoms with Crippen LogP contribution in [0.25, 0.3) is 11.3 Å². The summed E-state index contributed by atoms with van der Waals surface area (Å²) in [5.41, 5.74) is 3.01. The van der Waals surface area contributed by atoms with Crippen LogP contribution in [0, 0.1) is 0 Å². The lowest BCUT2D eigenvalue weighted by molar-refractivity contribution is 0.0520. The molecule has 10 heteroatoms. The van der Waals surface area contributed by atoms with Gasteiger partial charge in [0.1, 0.15) is 0 Å². The molecule has 0 radical (unpaired) electrons. The van der Waals surface area contributed by atoms with Gasteiger partial charge in [0, 0.05) is 10.9 Å². The second kappa shape index (κ2) is 10.3. The number of urea groups is 1. The topological polar surface area (TPSA) is 118 Å². The maximum atomic E-state index is 12.5. The SMILES string of the molecule is CCOC(=O)c1csc(Nc2ccccc2NC(=O)Nc2ccc(-c3ccccc3)nn2)n1. The van der Waals surface area contributed by atoms with Crippen LogP contribution in [0.2, 0.25) is 0 Å². The Balaban J connectivity index is 1.40. The van der Waals surface area contributed by atoms with E-state index in [4.69, 9.17) is 4.74 Å². The van der Waals surface area contributed by atoms with E-state index in [-0.39, 0.29) is 12.3 Å². The van der Waals surface area contributed by atoms with E-state index in [9.17, 15) is 9.59 Å². The Labute approximate surface area is 193 Å². The second-order valence-electron chi connectivity index (χ2n) is 6.68. The third kappa shape index (κ3) is 5.69. The normalized spacial score (nSPS) is 10.3.